The number of carbonyl (C=O) groups is 3. The molecule has 2 aliphatic carbocycles. The Kier molecular flexibility index (Phi) is 7.80. The molecule has 2 aliphatic rings. The fourth-order valence-corrected chi connectivity index (χ4v) is 4.84. The predicted octanol–water partition coefficient (Wildman–Crippen LogP) is 5.39. The third-order valence-corrected chi connectivity index (χ3v) is 6.90. The first kappa shape index (κ1) is 25.5. The summed E-state index contributed by atoms with van der Waals surface area (Å²) < 4.78 is 10.4. The van der Waals surface area contributed by atoms with Gasteiger partial charge in [-0.2, -0.15) is 0 Å². The molecule has 2 atom stereocenters. The molecule has 2 unspecified atom stereocenters. The third-order valence-electron chi connectivity index (χ3n) is 6.90. The molecule has 0 saturated heterocycles. The van der Waals surface area contributed by atoms with E-state index in [4.69, 9.17) is 9.47 Å². The van der Waals surface area contributed by atoms with Gasteiger partial charge in [0.1, 0.15) is 11.5 Å². The van der Waals surface area contributed by atoms with E-state index >= 15 is 0 Å². The van der Waals surface area contributed by atoms with Crippen molar-refractivity contribution in [2.24, 2.45) is 11.3 Å². The number of benzene rings is 1. The number of phenols is 1. The monoisotopic (exact) mass is 466 g/mol. The number of carbonyl (C=O) groups excluding carboxylic acids is 3. The van der Waals surface area contributed by atoms with Gasteiger partial charge in [-0.1, -0.05) is 26.0 Å². The molecule has 6 nitrogen and oxygen atoms in total. The molecule has 3 rings (SSSR count). The van der Waals surface area contributed by atoms with Gasteiger partial charge < -0.3 is 14.6 Å². The van der Waals surface area contributed by atoms with Crippen LogP contribution in [0, 0.1) is 11.3 Å². The van der Waals surface area contributed by atoms with Crippen molar-refractivity contribution in [2.75, 3.05) is 7.11 Å². The lowest BCUT2D eigenvalue weighted by atomic mass is 9.72. The highest BCUT2D eigenvalue weighted by Crippen LogP contribution is 2.40. The van der Waals surface area contributed by atoms with E-state index in [2.05, 4.69) is 19.1 Å². The van der Waals surface area contributed by atoms with Crippen molar-refractivity contribution in [1.29, 1.82) is 0 Å². The number of phenolic OH excluding ortho intramolecular Hbond substituents is 1. The van der Waals surface area contributed by atoms with E-state index in [9.17, 15) is 19.5 Å². The molecule has 182 valence electrons. The SMILES string of the molecule is CCC1=C(OC)C(=O)C(CC2C=CC(C)(CCc3cc(O)cc(OC(C)=O)c3)CC2)=C(C)C1=O. The summed E-state index contributed by atoms with van der Waals surface area (Å²) in [6.07, 6.45) is 8.85. The summed E-state index contributed by atoms with van der Waals surface area (Å²) in [5.74, 6) is 0.127. The topological polar surface area (TPSA) is 89.9 Å². The molecule has 1 N–H and O–H groups in total. The number of Topliss-reactive ketones (excluding diaryl/α,β-unsaturated/α-hetero) is 2. The highest BCUT2D eigenvalue weighted by atomic mass is 16.5. The standard InChI is InChI=1S/C28H34O6/c1-6-23-25(31)17(2)24(26(32)27(23)33-5)15-19-7-10-28(4,11-8-19)12-9-20-13-21(30)16-22(14-20)34-18(3)29/h7,10,13-14,16,19,30H,6,8-9,11-12,15H2,1-5H3. The summed E-state index contributed by atoms with van der Waals surface area (Å²) in [6, 6.07) is 4.91. The molecule has 0 spiro atoms. The Balaban J connectivity index is 1.67. The van der Waals surface area contributed by atoms with Crippen LogP contribution in [0.2, 0.25) is 0 Å². The van der Waals surface area contributed by atoms with Crippen molar-refractivity contribution in [1.82, 2.24) is 0 Å². The summed E-state index contributed by atoms with van der Waals surface area (Å²) in [7, 11) is 1.45. The van der Waals surface area contributed by atoms with Crippen molar-refractivity contribution in [2.45, 2.75) is 66.2 Å². The largest absolute Gasteiger partial charge is 0.508 e. The molecule has 1 aromatic carbocycles. The molecule has 0 aliphatic heterocycles. The van der Waals surface area contributed by atoms with Crippen LogP contribution >= 0.6 is 0 Å². The lowest BCUT2D eigenvalue weighted by Crippen LogP contribution is -2.26. The second-order valence-corrected chi connectivity index (χ2v) is 9.57. The number of ketones is 2. The second-order valence-electron chi connectivity index (χ2n) is 9.57. The highest BCUT2D eigenvalue weighted by Gasteiger charge is 2.34. The van der Waals surface area contributed by atoms with Crippen LogP contribution in [0.3, 0.4) is 0 Å². The Morgan fingerprint density at radius 2 is 1.91 bits per heavy atom. The lowest BCUT2D eigenvalue weighted by Gasteiger charge is -2.33. The van der Waals surface area contributed by atoms with Crippen LogP contribution in [-0.4, -0.2) is 29.8 Å². The molecule has 0 heterocycles. The summed E-state index contributed by atoms with van der Waals surface area (Å²) in [5, 5.41) is 9.96. The van der Waals surface area contributed by atoms with E-state index in [1.807, 2.05) is 6.92 Å². The number of aryl methyl sites for hydroxylation is 1. The molecule has 6 heteroatoms. The van der Waals surface area contributed by atoms with Crippen molar-refractivity contribution in [3.05, 3.63) is 58.4 Å². The van der Waals surface area contributed by atoms with Crippen LogP contribution in [0.5, 0.6) is 11.5 Å². The van der Waals surface area contributed by atoms with Gasteiger partial charge in [-0.3, -0.25) is 14.4 Å². The van der Waals surface area contributed by atoms with E-state index in [0.717, 1.165) is 31.2 Å². The van der Waals surface area contributed by atoms with Gasteiger partial charge in [0.2, 0.25) is 5.78 Å². The molecule has 0 bridgehead atoms. The molecule has 0 amide bonds. The fourth-order valence-electron chi connectivity index (χ4n) is 4.84. The summed E-state index contributed by atoms with van der Waals surface area (Å²) in [4.78, 5) is 37.0. The van der Waals surface area contributed by atoms with E-state index < -0.39 is 5.97 Å². The van der Waals surface area contributed by atoms with Gasteiger partial charge in [-0.25, -0.2) is 0 Å². The lowest BCUT2D eigenvalue weighted by molar-refractivity contribution is -0.131. The highest BCUT2D eigenvalue weighted by molar-refractivity contribution is 6.24. The number of hydrogen-bond donors (Lipinski definition) is 1. The van der Waals surface area contributed by atoms with Gasteiger partial charge in [-0.05, 0) is 74.5 Å². The summed E-state index contributed by atoms with van der Waals surface area (Å²) in [6.45, 7) is 7.14. The maximum absolute atomic E-state index is 13.0. The molecule has 0 fully saturated rings. The Morgan fingerprint density at radius 3 is 2.50 bits per heavy atom. The average molecular weight is 467 g/mol. The third kappa shape index (κ3) is 5.66. The number of rotatable bonds is 8. The zero-order chi connectivity index (χ0) is 25.0. The van der Waals surface area contributed by atoms with E-state index in [-0.39, 0.29) is 34.4 Å². The molecular formula is C28H34O6. The first-order valence-corrected chi connectivity index (χ1v) is 11.8. The minimum atomic E-state index is -0.424. The molecule has 34 heavy (non-hydrogen) atoms. The van der Waals surface area contributed by atoms with Gasteiger partial charge in [0, 0.05) is 29.7 Å². The second kappa shape index (κ2) is 10.4. The zero-order valence-electron chi connectivity index (χ0n) is 20.7. The minimum Gasteiger partial charge on any atom is -0.508 e. The summed E-state index contributed by atoms with van der Waals surface area (Å²) in [5.41, 5.74) is 2.45. The molecule has 1 aromatic rings. The first-order chi connectivity index (χ1) is 16.1. The number of ether oxygens (including phenoxy) is 2. The fraction of sp³-hybridized carbons (Fsp3) is 0.464. The number of hydrogen-bond acceptors (Lipinski definition) is 6. The minimum absolute atomic E-state index is 0.0215. The maximum Gasteiger partial charge on any atom is 0.308 e. The van der Waals surface area contributed by atoms with Crippen LogP contribution in [-0.2, 0) is 25.5 Å². The van der Waals surface area contributed by atoms with Gasteiger partial charge in [0.05, 0.1) is 7.11 Å². The van der Waals surface area contributed by atoms with Gasteiger partial charge >= 0.3 is 5.97 Å². The van der Waals surface area contributed by atoms with Crippen molar-refractivity contribution in [3.8, 4) is 11.5 Å². The van der Waals surface area contributed by atoms with Gasteiger partial charge in [0.25, 0.3) is 0 Å². The van der Waals surface area contributed by atoms with Crippen molar-refractivity contribution < 1.29 is 29.0 Å². The first-order valence-electron chi connectivity index (χ1n) is 11.8. The smallest absolute Gasteiger partial charge is 0.308 e. The van der Waals surface area contributed by atoms with E-state index in [1.165, 1.54) is 20.1 Å². The number of methoxy groups -OCH3 is 1. The molecular weight excluding hydrogens is 432 g/mol. The molecule has 0 aromatic heterocycles. The predicted molar refractivity (Wildman–Crippen MR) is 129 cm³/mol. The average Bonchev–Trinajstić information content (AvgIpc) is 2.78. The Bertz CT molecular complexity index is 1090. The molecule has 0 saturated carbocycles. The van der Waals surface area contributed by atoms with Crippen LogP contribution in [0.4, 0.5) is 0 Å². The maximum atomic E-state index is 13.0. The number of aromatic hydroxyl groups is 1. The summed E-state index contributed by atoms with van der Waals surface area (Å²) >= 11 is 0. The van der Waals surface area contributed by atoms with Crippen LogP contribution < -0.4 is 4.74 Å². The number of esters is 1. The van der Waals surface area contributed by atoms with E-state index in [0.29, 0.717) is 35.3 Å². The Hall–Kier alpha value is -3.15. The van der Waals surface area contributed by atoms with Crippen molar-refractivity contribution in [3.63, 3.8) is 0 Å². The molecule has 0 radical (unpaired) electrons. The Labute approximate surface area is 201 Å². The van der Waals surface area contributed by atoms with Gasteiger partial charge in [0.15, 0.2) is 11.5 Å². The number of allylic oxidation sites excluding steroid dienone is 5. The normalized spacial score (nSPS) is 22.9. The zero-order valence-corrected chi connectivity index (χ0v) is 20.7. The van der Waals surface area contributed by atoms with Crippen molar-refractivity contribution >= 4 is 17.5 Å². The van der Waals surface area contributed by atoms with Crippen LogP contribution in [0.1, 0.15) is 65.4 Å². The van der Waals surface area contributed by atoms with Crippen LogP contribution in [0.25, 0.3) is 0 Å². The quantitative estimate of drug-likeness (QED) is 0.239. The van der Waals surface area contributed by atoms with Crippen LogP contribution in [0.15, 0.2) is 52.8 Å². The van der Waals surface area contributed by atoms with E-state index in [1.54, 1.807) is 19.1 Å². The Morgan fingerprint density at radius 1 is 1.18 bits per heavy atom. The van der Waals surface area contributed by atoms with Gasteiger partial charge in [-0.15, -0.1) is 0 Å².